The van der Waals surface area contributed by atoms with E-state index in [0.29, 0.717) is 6.42 Å². The largest absolute Gasteiger partial charge is 0.480 e. The van der Waals surface area contributed by atoms with Gasteiger partial charge < -0.3 is 15.7 Å². The molecule has 0 spiro atoms. The van der Waals surface area contributed by atoms with Gasteiger partial charge in [-0.15, -0.1) is 0 Å². The molecule has 0 aliphatic heterocycles. The van der Waals surface area contributed by atoms with E-state index in [2.05, 4.69) is 15.6 Å². The molecule has 0 aliphatic rings. The van der Waals surface area contributed by atoms with Crippen LogP contribution in [0.3, 0.4) is 0 Å². The molecule has 0 radical (unpaired) electrons. The number of anilines is 1. The number of nitrogens with one attached hydrogen (secondary N) is 2. The minimum absolute atomic E-state index is 0.158. The summed E-state index contributed by atoms with van der Waals surface area (Å²) in [6, 6.07) is -0.613. The van der Waals surface area contributed by atoms with Crippen molar-refractivity contribution in [2.75, 3.05) is 5.32 Å². The molecule has 7 heteroatoms. The molecular formula is C12H16FN3O3. The van der Waals surface area contributed by atoms with Gasteiger partial charge in [-0.3, -0.25) is 4.98 Å². The number of rotatable bonds is 5. The number of carbonyl (C=O) groups is 2. The molecule has 0 unspecified atom stereocenters. The molecule has 19 heavy (non-hydrogen) atoms. The summed E-state index contributed by atoms with van der Waals surface area (Å²) < 4.78 is 12.9. The highest BCUT2D eigenvalue weighted by molar-refractivity contribution is 5.92. The molecule has 0 fully saturated rings. The third-order valence-corrected chi connectivity index (χ3v) is 2.73. The Bertz CT molecular complexity index is 467. The van der Waals surface area contributed by atoms with Gasteiger partial charge in [0.1, 0.15) is 11.9 Å². The first kappa shape index (κ1) is 14.9. The smallest absolute Gasteiger partial charge is 0.326 e. The predicted molar refractivity (Wildman–Crippen MR) is 67.2 cm³/mol. The van der Waals surface area contributed by atoms with E-state index in [9.17, 15) is 14.0 Å². The number of carboxylic acid groups (broad SMARTS) is 1. The molecule has 6 nitrogen and oxygen atoms in total. The number of pyridine rings is 1. The van der Waals surface area contributed by atoms with Crippen LogP contribution in [-0.2, 0) is 4.79 Å². The van der Waals surface area contributed by atoms with E-state index in [0.717, 1.165) is 12.3 Å². The van der Waals surface area contributed by atoms with Gasteiger partial charge >= 0.3 is 12.0 Å². The van der Waals surface area contributed by atoms with Crippen molar-refractivity contribution in [3.05, 3.63) is 24.3 Å². The van der Waals surface area contributed by atoms with Gasteiger partial charge in [0.25, 0.3) is 0 Å². The number of aromatic nitrogens is 1. The van der Waals surface area contributed by atoms with Crippen LogP contribution in [0.25, 0.3) is 0 Å². The van der Waals surface area contributed by atoms with E-state index in [1.807, 2.05) is 6.92 Å². The van der Waals surface area contributed by atoms with E-state index in [4.69, 9.17) is 5.11 Å². The van der Waals surface area contributed by atoms with Gasteiger partial charge in [0, 0.05) is 6.07 Å². The van der Waals surface area contributed by atoms with Crippen molar-refractivity contribution in [3.8, 4) is 0 Å². The lowest BCUT2D eigenvalue weighted by Gasteiger charge is -2.20. The van der Waals surface area contributed by atoms with Crippen molar-refractivity contribution in [1.82, 2.24) is 10.3 Å². The quantitative estimate of drug-likeness (QED) is 0.760. The molecule has 1 heterocycles. The zero-order valence-corrected chi connectivity index (χ0v) is 10.7. The summed E-state index contributed by atoms with van der Waals surface area (Å²) >= 11 is 0. The van der Waals surface area contributed by atoms with Gasteiger partial charge in [-0.25, -0.2) is 14.0 Å². The zero-order chi connectivity index (χ0) is 14.4. The second-order valence-corrected chi connectivity index (χ2v) is 4.19. The minimum atomic E-state index is -1.11. The van der Waals surface area contributed by atoms with Crippen LogP contribution >= 0.6 is 0 Å². The average Bonchev–Trinajstić information content (AvgIpc) is 2.34. The summed E-state index contributed by atoms with van der Waals surface area (Å²) in [6.07, 6.45) is 2.88. The fraction of sp³-hybridized carbons (Fsp3) is 0.417. The van der Waals surface area contributed by atoms with Crippen LogP contribution < -0.4 is 10.6 Å². The molecule has 0 bridgehead atoms. The maximum absolute atomic E-state index is 12.9. The fourth-order valence-electron chi connectivity index (χ4n) is 1.47. The Hall–Kier alpha value is -2.18. The predicted octanol–water partition coefficient (Wildman–Crippen LogP) is 1.84. The molecule has 1 aromatic heterocycles. The molecular weight excluding hydrogens is 253 g/mol. The van der Waals surface area contributed by atoms with E-state index < -0.39 is 23.9 Å². The highest BCUT2D eigenvalue weighted by Crippen LogP contribution is 2.10. The molecule has 0 aromatic carbocycles. The Morgan fingerprint density at radius 1 is 1.47 bits per heavy atom. The van der Waals surface area contributed by atoms with Crippen LogP contribution in [0.4, 0.5) is 14.9 Å². The number of halogens is 1. The van der Waals surface area contributed by atoms with Crippen LogP contribution in [0, 0.1) is 11.7 Å². The molecule has 1 rings (SSSR count). The van der Waals surface area contributed by atoms with E-state index in [1.165, 1.54) is 6.20 Å². The van der Waals surface area contributed by atoms with Gasteiger partial charge in [-0.05, 0) is 5.92 Å². The van der Waals surface area contributed by atoms with Crippen molar-refractivity contribution >= 4 is 17.7 Å². The third-order valence-electron chi connectivity index (χ3n) is 2.73. The maximum Gasteiger partial charge on any atom is 0.326 e. The molecule has 1 aromatic rings. The number of nitrogens with zero attached hydrogens (tertiary/aromatic N) is 1. The highest BCUT2D eigenvalue weighted by Gasteiger charge is 2.25. The molecule has 2 amide bonds. The third kappa shape index (κ3) is 4.53. The summed E-state index contributed by atoms with van der Waals surface area (Å²) in [7, 11) is 0. The number of hydrogen-bond acceptors (Lipinski definition) is 3. The summed E-state index contributed by atoms with van der Waals surface area (Å²) in [6.45, 7) is 3.56. The maximum atomic E-state index is 12.9. The van der Waals surface area contributed by atoms with Crippen LogP contribution in [0.1, 0.15) is 20.3 Å². The Kier molecular flexibility index (Phi) is 5.23. The molecule has 0 aliphatic carbocycles. The molecule has 3 N–H and O–H groups in total. The number of aliphatic carboxylic acids is 1. The number of amides is 2. The summed E-state index contributed by atoms with van der Waals surface area (Å²) in [5.41, 5.74) is 0.158. The summed E-state index contributed by atoms with van der Waals surface area (Å²) in [5.74, 6) is -1.91. The van der Waals surface area contributed by atoms with Crippen LogP contribution in [0.5, 0.6) is 0 Å². The minimum Gasteiger partial charge on any atom is -0.480 e. The zero-order valence-electron chi connectivity index (χ0n) is 10.7. The molecule has 2 atom stereocenters. The lowest BCUT2D eigenvalue weighted by atomic mass is 9.99. The van der Waals surface area contributed by atoms with Gasteiger partial charge in [-0.1, -0.05) is 20.3 Å². The standard InChI is InChI=1S/C12H16FN3O3/c1-3-7(2)10(11(17)18)16-12(19)15-9-4-8(13)5-14-6-9/h4-7,10H,3H2,1-2H3,(H,17,18)(H2,15,16,19)/t7-,10-/m0/s1. The number of hydrogen-bond donors (Lipinski definition) is 3. The van der Waals surface area contributed by atoms with E-state index in [1.54, 1.807) is 6.92 Å². The normalized spacial score (nSPS) is 13.4. The molecule has 104 valence electrons. The van der Waals surface area contributed by atoms with E-state index >= 15 is 0 Å². The number of urea groups is 1. The van der Waals surface area contributed by atoms with Crippen LogP contribution in [-0.4, -0.2) is 28.1 Å². The van der Waals surface area contributed by atoms with Crippen molar-refractivity contribution in [1.29, 1.82) is 0 Å². The van der Waals surface area contributed by atoms with Crippen molar-refractivity contribution in [2.45, 2.75) is 26.3 Å². The number of carbonyl (C=O) groups excluding carboxylic acids is 1. The Morgan fingerprint density at radius 3 is 2.68 bits per heavy atom. The van der Waals surface area contributed by atoms with Crippen molar-refractivity contribution < 1.29 is 19.1 Å². The lowest BCUT2D eigenvalue weighted by Crippen LogP contribution is -2.46. The SMILES string of the molecule is CC[C@H](C)[C@H](NC(=O)Nc1cncc(F)c1)C(=O)O. The first-order chi connectivity index (χ1) is 8.93. The second kappa shape index (κ2) is 6.67. The second-order valence-electron chi connectivity index (χ2n) is 4.19. The van der Waals surface area contributed by atoms with Crippen LogP contribution in [0.2, 0.25) is 0 Å². The lowest BCUT2D eigenvalue weighted by molar-refractivity contribution is -0.140. The topological polar surface area (TPSA) is 91.3 Å². The summed E-state index contributed by atoms with van der Waals surface area (Å²) in [5, 5.41) is 13.7. The average molecular weight is 269 g/mol. The van der Waals surface area contributed by atoms with Gasteiger partial charge in [0.2, 0.25) is 0 Å². The highest BCUT2D eigenvalue weighted by atomic mass is 19.1. The van der Waals surface area contributed by atoms with Gasteiger partial charge in [-0.2, -0.15) is 0 Å². The first-order valence-electron chi connectivity index (χ1n) is 5.85. The first-order valence-corrected chi connectivity index (χ1v) is 5.85. The fourth-order valence-corrected chi connectivity index (χ4v) is 1.47. The van der Waals surface area contributed by atoms with Gasteiger partial charge in [0.05, 0.1) is 18.1 Å². The van der Waals surface area contributed by atoms with Crippen LogP contribution in [0.15, 0.2) is 18.5 Å². The monoisotopic (exact) mass is 269 g/mol. The molecule has 0 saturated heterocycles. The van der Waals surface area contributed by atoms with Gasteiger partial charge in [0.15, 0.2) is 0 Å². The molecule has 0 saturated carbocycles. The Balaban J connectivity index is 2.65. The Morgan fingerprint density at radius 2 is 2.16 bits per heavy atom. The summed E-state index contributed by atoms with van der Waals surface area (Å²) in [4.78, 5) is 26.2. The Labute approximate surface area is 110 Å². The van der Waals surface area contributed by atoms with Crippen molar-refractivity contribution in [2.24, 2.45) is 5.92 Å². The number of carboxylic acids is 1. The van der Waals surface area contributed by atoms with E-state index in [-0.39, 0.29) is 11.6 Å². The van der Waals surface area contributed by atoms with Crippen molar-refractivity contribution in [3.63, 3.8) is 0 Å².